The second-order valence-electron chi connectivity index (χ2n) is 11.7. The van der Waals surface area contributed by atoms with Crippen LogP contribution in [0.25, 0.3) is 0 Å². The summed E-state index contributed by atoms with van der Waals surface area (Å²) < 4.78 is 23.2. The monoisotopic (exact) mass is 599 g/mol. The Hall–Kier alpha value is -4.11. The SMILES string of the molecule is CCOc1cc(C2CN(C(=O)c3cc(OCCCC(=O)N4CCOCC4)ccn3)C2)ccc1OCc1ccc(C2CC2)cc1. The average molecular weight is 600 g/mol. The Bertz CT molecular complexity index is 1430. The Labute approximate surface area is 259 Å². The van der Waals surface area contributed by atoms with Crippen molar-refractivity contribution in [1.82, 2.24) is 14.8 Å². The van der Waals surface area contributed by atoms with Crippen molar-refractivity contribution in [2.24, 2.45) is 0 Å². The highest BCUT2D eigenvalue weighted by molar-refractivity contribution is 5.93. The largest absolute Gasteiger partial charge is 0.493 e. The van der Waals surface area contributed by atoms with Crippen molar-refractivity contribution in [1.29, 1.82) is 0 Å². The number of amides is 2. The molecule has 3 aromatic rings. The van der Waals surface area contributed by atoms with Crippen LogP contribution in [0.4, 0.5) is 0 Å². The molecule has 3 heterocycles. The Morgan fingerprint density at radius 2 is 1.64 bits per heavy atom. The van der Waals surface area contributed by atoms with Gasteiger partial charge in [-0.05, 0) is 67.0 Å². The van der Waals surface area contributed by atoms with Crippen molar-refractivity contribution in [3.63, 3.8) is 0 Å². The average Bonchev–Trinajstić information content (AvgIpc) is 3.89. The minimum Gasteiger partial charge on any atom is -0.493 e. The number of nitrogens with zero attached hydrogens (tertiary/aromatic N) is 3. The van der Waals surface area contributed by atoms with Crippen LogP contribution in [0.3, 0.4) is 0 Å². The normalized spacial score (nSPS) is 16.8. The second-order valence-corrected chi connectivity index (χ2v) is 11.7. The first kappa shape index (κ1) is 29.9. The lowest BCUT2D eigenvalue weighted by atomic mass is 9.91. The number of aromatic nitrogens is 1. The summed E-state index contributed by atoms with van der Waals surface area (Å²) in [5, 5.41) is 0. The molecule has 1 aliphatic carbocycles. The summed E-state index contributed by atoms with van der Waals surface area (Å²) in [4.78, 5) is 33.4. The number of carbonyl (C=O) groups is 2. The molecule has 0 radical (unpaired) electrons. The number of morpholine rings is 1. The molecule has 2 aliphatic heterocycles. The summed E-state index contributed by atoms with van der Waals surface area (Å²) in [5.74, 6) is 2.99. The van der Waals surface area contributed by atoms with Crippen molar-refractivity contribution in [2.45, 2.75) is 51.0 Å². The van der Waals surface area contributed by atoms with E-state index in [4.69, 9.17) is 18.9 Å². The van der Waals surface area contributed by atoms with Crippen molar-refractivity contribution in [3.8, 4) is 17.2 Å². The summed E-state index contributed by atoms with van der Waals surface area (Å²) in [7, 11) is 0. The summed E-state index contributed by atoms with van der Waals surface area (Å²) in [5.41, 5.74) is 4.03. The molecule has 2 saturated heterocycles. The maximum Gasteiger partial charge on any atom is 0.272 e. The van der Waals surface area contributed by atoms with E-state index in [0.717, 1.165) is 28.5 Å². The first-order chi connectivity index (χ1) is 21.6. The van der Waals surface area contributed by atoms with Crippen LogP contribution in [-0.4, -0.2) is 79.2 Å². The zero-order valence-electron chi connectivity index (χ0n) is 25.4. The predicted octanol–water partition coefficient (Wildman–Crippen LogP) is 5.19. The molecule has 0 atom stereocenters. The van der Waals surface area contributed by atoms with Gasteiger partial charge >= 0.3 is 0 Å². The van der Waals surface area contributed by atoms with Gasteiger partial charge in [0.2, 0.25) is 5.91 Å². The molecule has 44 heavy (non-hydrogen) atoms. The van der Waals surface area contributed by atoms with E-state index in [9.17, 15) is 9.59 Å². The molecule has 0 bridgehead atoms. The van der Waals surface area contributed by atoms with Gasteiger partial charge in [0, 0.05) is 50.8 Å². The maximum atomic E-state index is 13.2. The highest BCUT2D eigenvalue weighted by atomic mass is 16.5. The number of ether oxygens (including phenoxy) is 4. The molecule has 1 saturated carbocycles. The van der Waals surface area contributed by atoms with E-state index in [1.807, 2.05) is 24.0 Å². The number of rotatable bonds is 13. The summed E-state index contributed by atoms with van der Waals surface area (Å²) in [6.07, 6.45) is 5.23. The van der Waals surface area contributed by atoms with E-state index in [1.54, 1.807) is 23.2 Å². The third-order valence-corrected chi connectivity index (χ3v) is 8.45. The summed E-state index contributed by atoms with van der Waals surface area (Å²) in [6, 6.07) is 18.2. The van der Waals surface area contributed by atoms with Crippen LogP contribution in [0.1, 0.15) is 71.6 Å². The lowest BCUT2D eigenvalue weighted by Gasteiger charge is -2.39. The van der Waals surface area contributed by atoms with Crippen LogP contribution < -0.4 is 14.2 Å². The third kappa shape index (κ3) is 7.50. The van der Waals surface area contributed by atoms with Gasteiger partial charge in [-0.15, -0.1) is 0 Å². The molecule has 232 valence electrons. The second kappa shape index (κ2) is 14.1. The van der Waals surface area contributed by atoms with Crippen molar-refractivity contribution in [2.75, 3.05) is 52.6 Å². The highest BCUT2D eigenvalue weighted by Gasteiger charge is 2.33. The van der Waals surface area contributed by atoms with E-state index in [0.29, 0.717) is 83.5 Å². The Morgan fingerprint density at radius 3 is 2.39 bits per heavy atom. The minimum atomic E-state index is -0.119. The topological polar surface area (TPSA) is 90.4 Å². The molecule has 9 heteroatoms. The maximum absolute atomic E-state index is 13.2. The number of hydrogen-bond donors (Lipinski definition) is 0. The molecule has 0 unspecified atom stereocenters. The number of carbonyl (C=O) groups excluding carboxylic acids is 2. The molecule has 0 N–H and O–H groups in total. The first-order valence-corrected chi connectivity index (χ1v) is 15.8. The molecule has 3 fully saturated rings. The lowest BCUT2D eigenvalue weighted by Crippen LogP contribution is -2.48. The fraction of sp³-hybridized carbons (Fsp3) is 0.457. The number of benzene rings is 2. The molecule has 3 aliphatic rings. The lowest BCUT2D eigenvalue weighted by molar-refractivity contribution is -0.135. The smallest absolute Gasteiger partial charge is 0.272 e. The van der Waals surface area contributed by atoms with E-state index in [2.05, 4.69) is 35.3 Å². The Kier molecular flexibility index (Phi) is 9.61. The molecule has 2 amide bonds. The Morgan fingerprint density at radius 1 is 0.864 bits per heavy atom. The molecule has 6 rings (SSSR count). The first-order valence-electron chi connectivity index (χ1n) is 15.8. The molecule has 1 aromatic heterocycles. The van der Waals surface area contributed by atoms with Gasteiger partial charge in [-0.25, -0.2) is 0 Å². The van der Waals surface area contributed by atoms with Crippen LogP contribution in [0.2, 0.25) is 0 Å². The van der Waals surface area contributed by atoms with E-state index in [-0.39, 0.29) is 17.7 Å². The van der Waals surface area contributed by atoms with Gasteiger partial charge in [0.15, 0.2) is 11.5 Å². The van der Waals surface area contributed by atoms with E-state index < -0.39 is 0 Å². The number of likely N-dealkylation sites (tertiary alicyclic amines) is 1. The molecule has 2 aromatic carbocycles. The fourth-order valence-corrected chi connectivity index (χ4v) is 5.65. The minimum absolute atomic E-state index is 0.119. The Balaban J connectivity index is 0.977. The predicted molar refractivity (Wildman–Crippen MR) is 165 cm³/mol. The van der Waals surface area contributed by atoms with Crippen LogP contribution in [0.5, 0.6) is 17.2 Å². The van der Waals surface area contributed by atoms with Crippen molar-refractivity contribution in [3.05, 3.63) is 83.2 Å². The van der Waals surface area contributed by atoms with Crippen LogP contribution in [-0.2, 0) is 16.1 Å². The van der Waals surface area contributed by atoms with E-state index in [1.165, 1.54) is 18.4 Å². The third-order valence-electron chi connectivity index (χ3n) is 8.45. The van der Waals surface area contributed by atoms with Gasteiger partial charge in [-0.1, -0.05) is 30.3 Å². The van der Waals surface area contributed by atoms with Gasteiger partial charge in [0.1, 0.15) is 18.1 Å². The van der Waals surface area contributed by atoms with Gasteiger partial charge in [0.05, 0.1) is 26.4 Å². The van der Waals surface area contributed by atoms with Crippen LogP contribution in [0, 0.1) is 0 Å². The highest BCUT2D eigenvalue weighted by Crippen LogP contribution is 2.40. The standard InChI is InChI=1S/C35H41N3O6/c1-2-42-33-20-28(11-12-32(33)44-24-25-5-7-26(8-6-25)27-9-10-27)29-22-38(23-29)35(40)31-21-30(13-14-36-31)43-17-3-4-34(39)37-15-18-41-19-16-37/h5-8,11-14,20-21,27,29H,2-4,9-10,15-19,22-24H2,1H3. The molecular formula is C35H41N3O6. The van der Waals surface area contributed by atoms with Crippen LogP contribution in [0.15, 0.2) is 60.8 Å². The quantitative estimate of drug-likeness (QED) is 0.250. The molecular weight excluding hydrogens is 558 g/mol. The zero-order chi connectivity index (χ0) is 30.3. The van der Waals surface area contributed by atoms with Gasteiger partial charge in [-0.3, -0.25) is 14.6 Å². The number of pyridine rings is 1. The van der Waals surface area contributed by atoms with E-state index >= 15 is 0 Å². The molecule has 0 spiro atoms. The van der Waals surface area contributed by atoms with Gasteiger partial charge in [-0.2, -0.15) is 0 Å². The zero-order valence-corrected chi connectivity index (χ0v) is 25.4. The number of hydrogen-bond acceptors (Lipinski definition) is 7. The van der Waals surface area contributed by atoms with Crippen molar-refractivity contribution >= 4 is 11.8 Å². The van der Waals surface area contributed by atoms with Gasteiger partial charge in [0.25, 0.3) is 5.91 Å². The summed E-state index contributed by atoms with van der Waals surface area (Å²) >= 11 is 0. The fourth-order valence-electron chi connectivity index (χ4n) is 5.65. The van der Waals surface area contributed by atoms with Crippen LogP contribution >= 0.6 is 0 Å². The summed E-state index contributed by atoms with van der Waals surface area (Å²) in [6.45, 7) is 7.09. The van der Waals surface area contributed by atoms with Crippen molar-refractivity contribution < 1.29 is 28.5 Å². The van der Waals surface area contributed by atoms with Gasteiger partial charge < -0.3 is 28.7 Å². The molecule has 9 nitrogen and oxygen atoms in total.